The molecule has 0 aliphatic carbocycles. The van der Waals surface area contributed by atoms with E-state index in [2.05, 4.69) is 0 Å². The molecule has 0 saturated carbocycles. The van der Waals surface area contributed by atoms with Gasteiger partial charge in [-0.1, -0.05) is 30.3 Å². The van der Waals surface area contributed by atoms with Gasteiger partial charge < -0.3 is 5.73 Å². The van der Waals surface area contributed by atoms with Gasteiger partial charge in [0.2, 0.25) is 15.9 Å². The van der Waals surface area contributed by atoms with Gasteiger partial charge >= 0.3 is 0 Å². The lowest BCUT2D eigenvalue weighted by Gasteiger charge is -2.26. The number of benzene rings is 1. The number of hydrogen-bond acceptors (Lipinski definition) is 3. The fourth-order valence-corrected chi connectivity index (χ4v) is 3.87. The Labute approximate surface area is 107 Å². The smallest absolute Gasteiger partial charge is 0.235 e. The maximum absolute atomic E-state index is 11.9. The zero-order chi connectivity index (χ0) is 13.3. The topological polar surface area (TPSA) is 80.5 Å². The van der Waals surface area contributed by atoms with Gasteiger partial charge in [0.15, 0.2) is 0 Å². The summed E-state index contributed by atoms with van der Waals surface area (Å²) in [5.74, 6) is -0.584. The molecule has 1 aliphatic heterocycles. The number of amides is 1. The van der Waals surface area contributed by atoms with Crippen molar-refractivity contribution < 1.29 is 13.2 Å². The molecular formula is C12H16N2O3S. The van der Waals surface area contributed by atoms with Crippen LogP contribution in [0.2, 0.25) is 0 Å². The highest BCUT2D eigenvalue weighted by molar-refractivity contribution is 7.88. The van der Waals surface area contributed by atoms with Gasteiger partial charge in [-0.05, 0) is 18.4 Å². The fraction of sp³-hybridized carbons (Fsp3) is 0.417. The third kappa shape index (κ3) is 2.39. The van der Waals surface area contributed by atoms with Crippen LogP contribution in [-0.4, -0.2) is 30.9 Å². The SMILES string of the molecule is CS(=O)(=O)N1C(C(N)=O)CCC1c1ccccc1. The summed E-state index contributed by atoms with van der Waals surface area (Å²) < 4.78 is 24.9. The van der Waals surface area contributed by atoms with E-state index in [4.69, 9.17) is 5.73 Å². The van der Waals surface area contributed by atoms with Crippen LogP contribution in [-0.2, 0) is 14.8 Å². The van der Waals surface area contributed by atoms with Crippen molar-refractivity contribution in [2.24, 2.45) is 5.73 Å². The van der Waals surface area contributed by atoms with Crippen molar-refractivity contribution in [2.75, 3.05) is 6.26 Å². The van der Waals surface area contributed by atoms with E-state index in [0.29, 0.717) is 12.8 Å². The first-order valence-electron chi connectivity index (χ1n) is 5.74. The first-order chi connectivity index (χ1) is 8.41. The fourth-order valence-electron chi connectivity index (χ4n) is 2.51. The zero-order valence-electron chi connectivity index (χ0n) is 10.1. The number of sulfonamides is 1. The van der Waals surface area contributed by atoms with E-state index < -0.39 is 22.0 Å². The maximum atomic E-state index is 11.9. The number of rotatable bonds is 3. The van der Waals surface area contributed by atoms with Gasteiger partial charge in [0, 0.05) is 0 Å². The molecule has 5 nitrogen and oxygen atoms in total. The molecule has 0 spiro atoms. The number of carbonyl (C=O) groups is 1. The summed E-state index contributed by atoms with van der Waals surface area (Å²) in [6, 6.07) is 8.29. The lowest BCUT2D eigenvalue weighted by molar-refractivity contribution is -0.121. The number of nitrogens with zero attached hydrogens (tertiary/aromatic N) is 1. The average Bonchev–Trinajstić information content (AvgIpc) is 2.74. The molecule has 98 valence electrons. The molecule has 2 N–H and O–H groups in total. The first-order valence-corrected chi connectivity index (χ1v) is 7.59. The van der Waals surface area contributed by atoms with Crippen molar-refractivity contribution in [1.82, 2.24) is 4.31 Å². The van der Waals surface area contributed by atoms with E-state index >= 15 is 0 Å². The van der Waals surface area contributed by atoms with Gasteiger partial charge in [-0.2, -0.15) is 4.31 Å². The van der Waals surface area contributed by atoms with Gasteiger partial charge in [-0.3, -0.25) is 4.79 Å². The van der Waals surface area contributed by atoms with Crippen LogP contribution in [0, 0.1) is 0 Å². The van der Waals surface area contributed by atoms with Crippen molar-refractivity contribution >= 4 is 15.9 Å². The highest BCUT2D eigenvalue weighted by atomic mass is 32.2. The molecule has 1 aromatic carbocycles. The summed E-state index contributed by atoms with van der Waals surface area (Å²) in [4.78, 5) is 11.4. The zero-order valence-corrected chi connectivity index (χ0v) is 10.9. The molecule has 1 saturated heterocycles. The Bertz CT molecular complexity index is 542. The Balaban J connectivity index is 2.41. The highest BCUT2D eigenvalue weighted by Gasteiger charge is 2.42. The largest absolute Gasteiger partial charge is 0.368 e. The number of nitrogens with two attached hydrogens (primary N) is 1. The molecule has 1 amide bonds. The van der Waals surface area contributed by atoms with E-state index in [-0.39, 0.29) is 6.04 Å². The van der Waals surface area contributed by atoms with Crippen molar-refractivity contribution in [2.45, 2.75) is 24.9 Å². The van der Waals surface area contributed by atoms with Crippen LogP contribution in [0.4, 0.5) is 0 Å². The molecule has 2 rings (SSSR count). The first kappa shape index (κ1) is 13.0. The minimum atomic E-state index is -3.46. The predicted molar refractivity (Wildman–Crippen MR) is 68.1 cm³/mol. The normalized spacial score (nSPS) is 25.2. The van der Waals surface area contributed by atoms with Crippen molar-refractivity contribution in [3.8, 4) is 0 Å². The van der Waals surface area contributed by atoms with Gasteiger partial charge in [0.1, 0.15) is 6.04 Å². The van der Waals surface area contributed by atoms with Crippen LogP contribution in [0.25, 0.3) is 0 Å². The number of primary amides is 1. The van der Waals surface area contributed by atoms with Crippen LogP contribution in [0.1, 0.15) is 24.4 Å². The molecule has 1 heterocycles. The van der Waals surface area contributed by atoms with Crippen LogP contribution < -0.4 is 5.73 Å². The molecule has 0 radical (unpaired) electrons. The van der Waals surface area contributed by atoms with Gasteiger partial charge in [0.05, 0.1) is 12.3 Å². The molecule has 2 atom stereocenters. The van der Waals surface area contributed by atoms with Crippen molar-refractivity contribution in [3.05, 3.63) is 35.9 Å². The van der Waals surface area contributed by atoms with Crippen LogP contribution in [0.5, 0.6) is 0 Å². The third-order valence-electron chi connectivity index (χ3n) is 3.22. The predicted octanol–water partition coefficient (Wildman–Crippen LogP) is 0.637. The molecule has 1 aromatic rings. The van der Waals surface area contributed by atoms with Crippen LogP contribution >= 0.6 is 0 Å². The highest BCUT2D eigenvalue weighted by Crippen LogP contribution is 2.37. The van der Waals surface area contributed by atoms with Gasteiger partial charge in [0.25, 0.3) is 0 Å². The van der Waals surface area contributed by atoms with E-state index in [1.807, 2.05) is 30.3 Å². The maximum Gasteiger partial charge on any atom is 0.235 e. The molecule has 0 bridgehead atoms. The summed E-state index contributed by atoms with van der Waals surface area (Å²) in [5, 5.41) is 0. The summed E-state index contributed by atoms with van der Waals surface area (Å²) in [6.07, 6.45) is 2.21. The second-order valence-corrected chi connectivity index (χ2v) is 6.40. The Morgan fingerprint density at radius 3 is 2.39 bits per heavy atom. The average molecular weight is 268 g/mol. The summed E-state index contributed by atoms with van der Waals surface area (Å²) in [5.41, 5.74) is 6.18. The Kier molecular flexibility index (Phi) is 3.41. The Morgan fingerprint density at radius 2 is 1.89 bits per heavy atom. The van der Waals surface area contributed by atoms with Crippen molar-refractivity contribution in [3.63, 3.8) is 0 Å². The summed E-state index contributed by atoms with van der Waals surface area (Å²) in [7, 11) is -3.46. The molecular weight excluding hydrogens is 252 g/mol. The lowest BCUT2D eigenvalue weighted by Crippen LogP contribution is -2.44. The second kappa shape index (κ2) is 4.70. The van der Waals surface area contributed by atoms with E-state index in [0.717, 1.165) is 11.8 Å². The van der Waals surface area contributed by atoms with Gasteiger partial charge in [-0.15, -0.1) is 0 Å². The third-order valence-corrected chi connectivity index (χ3v) is 4.50. The van der Waals surface area contributed by atoms with E-state index in [1.165, 1.54) is 4.31 Å². The Morgan fingerprint density at radius 1 is 1.28 bits per heavy atom. The molecule has 18 heavy (non-hydrogen) atoms. The Hall–Kier alpha value is -1.40. The standard InChI is InChI=1S/C12H16N2O3S/c1-18(16,17)14-10(7-8-11(14)12(13)15)9-5-3-2-4-6-9/h2-6,10-11H,7-8H2,1H3,(H2,13,15). The molecule has 1 aliphatic rings. The quantitative estimate of drug-likeness (QED) is 0.873. The molecule has 2 unspecified atom stereocenters. The van der Waals surface area contributed by atoms with E-state index in [1.54, 1.807) is 0 Å². The van der Waals surface area contributed by atoms with Crippen molar-refractivity contribution in [1.29, 1.82) is 0 Å². The van der Waals surface area contributed by atoms with E-state index in [9.17, 15) is 13.2 Å². The number of hydrogen-bond donors (Lipinski definition) is 1. The minimum absolute atomic E-state index is 0.293. The molecule has 6 heteroatoms. The second-order valence-electron chi connectivity index (χ2n) is 4.51. The van der Waals surface area contributed by atoms with Crippen LogP contribution in [0.3, 0.4) is 0 Å². The van der Waals surface area contributed by atoms with Crippen LogP contribution in [0.15, 0.2) is 30.3 Å². The monoisotopic (exact) mass is 268 g/mol. The number of carbonyl (C=O) groups excluding carboxylic acids is 1. The molecule has 1 fully saturated rings. The molecule has 0 aromatic heterocycles. The van der Waals surface area contributed by atoms with Gasteiger partial charge in [-0.25, -0.2) is 8.42 Å². The minimum Gasteiger partial charge on any atom is -0.368 e. The summed E-state index contributed by atoms with van der Waals surface area (Å²) >= 11 is 0. The lowest BCUT2D eigenvalue weighted by atomic mass is 10.1. The summed E-state index contributed by atoms with van der Waals surface area (Å²) in [6.45, 7) is 0.